The lowest BCUT2D eigenvalue weighted by Crippen LogP contribution is -2.55. The molecule has 2 amide bonds. The Morgan fingerprint density at radius 1 is 1.19 bits per heavy atom. The van der Waals surface area contributed by atoms with Gasteiger partial charge in [0.1, 0.15) is 5.82 Å². The number of hydrogen-bond donors (Lipinski definition) is 2. The van der Waals surface area contributed by atoms with Crippen LogP contribution in [0.4, 0.5) is 28.0 Å². The number of halogens is 4. The zero-order valence-corrected chi connectivity index (χ0v) is 11.0. The first-order chi connectivity index (χ1) is 9.71. The molecule has 1 aliphatic heterocycles. The molecule has 1 aromatic carbocycles. The van der Waals surface area contributed by atoms with E-state index in [2.05, 4.69) is 5.32 Å². The highest BCUT2D eigenvalue weighted by atomic mass is 19.4. The monoisotopic (exact) mass is 306 g/mol. The number of alkyl halides is 3. The van der Waals surface area contributed by atoms with Gasteiger partial charge in [-0.3, -0.25) is 0 Å². The van der Waals surface area contributed by atoms with Crippen LogP contribution in [-0.4, -0.2) is 40.9 Å². The Morgan fingerprint density at radius 2 is 1.71 bits per heavy atom. The molecule has 1 fully saturated rings. The molecule has 0 aromatic heterocycles. The lowest BCUT2D eigenvalue weighted by Gasteiger charge is -2.38. The van der Waals surface area contributed by atoms with Crippen molar-refractivity contribution in [2.75, 3.05) is 18.4 Å². The molecule has 4 nitrogen and oxygen atoms in total. The van der Waals surface area contributed by atoms with Crippen LogP contribution in [0.15, 0.2) is 24.3 Å². The summed E-state index contributed by atoms with van der Waals surface area (Å²) in [6.07, 6.45) is -5.83. The summed E-state index contributed by atoms with van der Waals surface area (Å²) in [4.78, 5) is 13.1. The first-order valence-corrected chi connectivity index (χ1v) is 6.32. The number of benzene rings is 1. The zero-order valence-electron chi connectivity index (χ0n) is 11.0. The summed E-state index contributed by atoms with van der Waals surface area (Å²) in [5, 5.41) is 12.0. The maximum atomic E-state index is 12.7. The SMILES string of the molecule is O=C(Nc1ccc(F)cc1)N1CCC(O)(C(F)(F)F)CC1. The zero-order chi connectivity index (χ0) is 15.7. The van der Waals surface area contributed by atoms with E-state index in [1.165, 1.54) is 17.0 Å². The second-order valence-electron chi connectivity index (χ2n) is 4.95. The number of urea groups is 1. The van der Waals surface area contributed by atoms with Crippen molar-refractivity contribution < 1.29 is 27.5 Å². The Morgan fingerprint density at radius 3 is 2.19 bits per heavy atom. The summed E-state index contributed by atoms with van der Waals surface area (Å²) >= 11 is 0. The van der Waals surface area contributed by atoms with Crippen LogP contribution in [0.5, 0.6) is 0 Å². The molecule has 1 heterocycles. The molecule has 0 bridgehead atoms. The summed E-state index contributed by atoms with van der Waals surface area (Å²) in [5.41, 5.74) is -2.39. The predicted molar refractivity (Wildman–Crippen MR) is 67.2 cm³/mol. The molecule has 21 heavy (non-hydrogen) atoms. The maximum absolute atomic E-state index is 12.7. The summed E-state index contributed by atoms with van der Waals surface area (Å²) in [6, 6.07) is 4.44. The van der Waals surface area contributed by atoms with Gasteiger partial charge in [0.05, 0.1) is 0 Å². The van der Waals surface area contributed by atoms with E-state index in [1.807, 2.05) is 0 Å². The van der Waals surface area contributed by atoms with Crippen molar-refractivity contribution in [1.29, 1.82) is 0 Å². The third-order valence-corrected chi connectivity index (χ3v) is 3.50. The molecular weight excluding hydrogens is 292 g/mol. The number of piperidine rings is 1. The van der Waals surface area contributed by atoms with Gasteiger partial charge in [-0.1, -0.05) is 0 Å². The number of aliphatic hydroxyl groups is 1. The number of nitrogens with zero attached hydrogens (tertiary/aromatic N) is 1. The van der Waals surface area contributed by atoms with Crippen LogP contribution in [0.2, 0.25) is 0 Å². The van der Waals surface area contributed by atoms with E-state index >= 15 is 0 Å². The minimum Gasteiger partial charge on any atom is -0.380 e. The molecule has 0 atom stereocenters. The van der Waals surface area contributed by atoms with Gasteiger partial charge in [-0.05, 0) is 24.3 Å². The number of nitrogens with one attached hydrogen (secondary N) is 1. The van der Waals surface area contributed by atoms with Crippen LogP contribution in [0.3, 0.4) is 0 Å². The van der Waals surface area contributed by atoms with Crippen molar-refractivity contribution in [3.8, 4) is 0 Å². The van der Waals surface area contributed by atoms with Crippen LogP contribution < -0.4 is 5.32 Å². The van der Waals surface area contributed by atoms with Gasteiger partial charge in [-0.15, -0.1) is 0 Å². The Balaban J connectivity index is 1.93. The molecule has 2 rings (SSSR count). The fourth-order valence-corrected chi connectivity index (χ4v) is 2.10. The molecule has 8 heteroatoms. The molecule has 1 aromatic rings. The highest BCUT2D eigenvalue weighted by Gasteiger charge is 2.54. The highest BCUT2D eigenvalue weighted by molar-refractivity contribution is 5.89. The largest absolute Gasteiger partial charge is 0.417 e. The third-order valence-electron chi connectivity index (χ3n) is 3.50. The quantitative estimate of drug-likeness (QED) is 0.784. The first-order valence-electron chi connectivity index (χ1n) is 6.32. The number of hydrogen-bond acceptors (Lipinski definition) is 2. The van der Waals surface area contributed by atoms with Gasteiger partial charge >= 0.3 is 12.2 Å². The van der Waals surface area contributed by atoms with E-state index in [0.29, 0.717) is 5.69 Å². The lowest BCUT2D eigenvalue weighted by molar-refractivity contribution is -0.271. The van der Waals surface area contributed by atoms with Crippen LogP contribution in [-0.2, 0) is 0 Å². The fourth-order valence-electron chi connectivity index (χ4n) is 2.10. The Labute approximate surface area is 118 Å². The van der Waals surface area contributed by atoms with Gasteiger partial charge in [0.2, 0.25) is 0 Å². The predicted octanol–water partition coefficient (Wildman–Crippen LogP) is 2.75. The van der Waals surface area contributed by atoms with Crippen molar-refractivity contribution in [1.82, 2.24) is 4.90 Å². The first kappa shape index (κ1) is 15.6. The van der Waals surface area contributed by atoms with E-state index in [1.54, 1.807) is 0 Å². The molecule has 1 aliphatic rings. The molecule has 0 unspecified atom stereocenters. The van der Waals surface area contributed by atoms with Gasteiger partial charge in [-0.2, -0.15) is 13.2 Å². The van der Waals surface area contributed by atoms with Crippen molar-refractivity contribution in [2.24, 2.45) is 0 Å². The Kier molecular flexibility index (Phi) is 4.08. The third kappa shape index (κ3) is 3.44. The molecule has 0 spiro atoms. The molecular formula is C13H14F4N2O2. The number of likely N-dealkylation sites (tertiary alicyclic amines) is 1. The van der Waals surface area contributed by atoms with Crippen molar-refractivity contribution in [3.63, 3.8) is 0 Å². The molecule has 0 radical (unpaired) electrons. The van der Waals surface area contributed by atoms with Crippen LogP contribution in [0, 0.1) is 5.82 Å². The number of amides is 2. The average Bonchev–Trinajstić information content (AvgIpc) is 2.41. The number of rotatable bonds is 1. The summed E-state index contributed by atoms with van der Waals surface area (Å²) < 4.78 is 50.6. The summed E-state index contributed by atoms with van der Waals surface area (Å²) in [7, 11) is 0. The normalized spacial score (nSPS) is 18.4. The van der Waals surface area contributed by atoms with Crippen LogP contribution in [0.25, 0.3) is 0 Å². The standard InChI is InChI=1S/C13H14F4N2O2/c14-9-1-3-10(4-2-9)18-11(20)19-7-5-12(21,6-8-19)13(15,16)17/h1-4,21H,5-8H2,(H,18,20). The summed E-state index contributed by atoms with van der Waals surface area (Å²) in [6.45, 7) is -0.411. The minimum atomic E-state index is -4.70. The average molecular weight is 306 g/mol. The van der Waals surface area contributed by atoms with E-state index in [-0.39, 0.29) is 13.1 Å². The molecule has 2 N–H and O–H groups in total. The second-order valence-corrected chi connectivity index (χ2v) is 4.95. The number of carbonyl (C=O) groups excluding carboxylic acids is 1. The minimum absolute atomic E-state index is 0.205. The Hall–Kier alpha value is -1.83. The lowest BCUT2D eigenvalue weighted by atomic mass is 9.91. The van der Waals surface area contributed by atoms with E-state index < -0.39 is 36.5 Å². The summed E-state index contributed by atoms with van der Waals surface area (Å²) in [5.74, 6) is -0.457. The van der Waals surface area contributed by atoms with Crippen molar-refractivity contribution in [2.45, 2.75) is 24.6 Å². The van der Waals surface area contributed by atoms with E-state index in [4.69, 9.17) is 0 Å². The Bertz CT molecular complexity index is 508. The van der Waals surface area contributed by atoms with Gasteiger partial charge in [0.15, 0.2) is 5.60 Å². The molecule has 116 valence electrons. The van der Waals surface area contributed by atoms with Gasteiger partial charge in [0, 0.05) is 31.6 Å². The second kappa shape index (κ2) is 5.51. The smallest absolute Gasteiger partial charge is 0.380 e. The fraction of sp³-hybridized carbons (Fsp3) is 0.462. The maximum Gasteiger partial charge on any atom is 0.417 e. The van der Waals surface area contributed by atoms with Gasteiger partial charge < -0.3 is 15.3 Å². The van der Waals surface area contributed by atoms with Gasteiger partial charge in [-0.25, -0.2) is 9.18 Å². The van der Waals surface area contributed by atoms with E-state index in [9.17, 15) is 27.5 Å². The topological polar surface area (TPSA) is 52.6 Å². The van der Waals surface area contributed by atoms with Crippen LogP contribution >= 0.6 is 0 Å². The van der Waals surface area contributed by atoms with Gasteiger partial charge in [0.25, 0.3) is 0 Å². The molecule has 0 saturated carbocycles. The highest BCUT2D eigenvalue weighted by Crippen LogP contribution is 2.38. The number of anilines is 1. The van der Waals surface area contributed by atoms with Crippen molar-refractivity contribution in [3.05, 3.63) is 30.1 Å². The molecule has 1 saturated heterocycles. The number of carbonyl (C=O) groups is 1. The van der Waals surface area contributed by atoms with E-state index in [0.717, 1.165) is 12.1 Å². The van der Waals surface area contributed by atoms with Crippen molar-refractivity contribution >= 4 is 11.7 Å². The molecule has 0 aliphatic carbocycles. The van der Waals surface area contributed by atoms with Crippen LogP contribution in [0.1, 0.15) is 12.8 Å².